The highest BCUT2D eigenvalue weighted by molar-refractivity contribution is 6.31. The van der Waals surface area contributed by atoms with Crippen molar-refractivity contribution >= 4 is 28.5 Å². The summed E-state index contributed by atoms with van der Waals surface area (Å²) in [6, 6.07) is 14.1. The molecule has 2 aromatic carbocycles. The van der Waals surface area contributed by atoms with E-state index in [-0.39, 0.29) is 25.0 Å². The van der Waals surface area contributed by atoms with Gasteiger partial charge >= 0.3 is 0 Å². The zero-order valence-electron chi connectivity index (χ0n) is 14.6. The van der Waals surface area contributed by atoms with Gasteiger partial charge in [0.05, 0.1) is 12.6 Å². The third kappa shape index (κ3) is 4.06. The third-order valence-electron chi connectivity index (χ3n) is 4.31. The molecule has 1 amide bonds. The lowest BCUT2D eigenvalue weighted by Gasteiger charge is -2.20. The largest absolute Gasteiger partial charge is 0.459 e. The van der Waals surface area contributed by atoms with E-state index >= 15 is 0 Å². The summed E-state index contributed by atoms with van der Waals surface area (Å²) in [6.07, 6.45) is 0. The van der Waals surface area contributed by atoms with Crippen molar-refractivity contribution in [1.82, 2.24) is 10.2 Å². The van der Waals surface area contributed by atoms with Gasteiger partial charge in [0.1, 0.15) is 17.2 Å². The Hall–Kier alpha value is -2.37. The van der Waals surface area contributed by atoms with E-state index in [0.717, 1.165) is 16.7 Å². The quantitative estimate of drug-likeness (QED) is 0.689. The molecule has 0 radical (unpaired) electrons. The average molecular weight is 375 g/mol. The number of para-hydroxylation sites is 1. The summed E-state index contributed by atoms with van der Waals surface area (Å²) < 4.78 is 19.7. The lowest BCUT2D eigenvalue weighted by molar-refractivity contribution is -0.129. The predicted octanol–water partition coefficient (Wildman–Crippen LogP) is 4.53. The molecule has 0 fully saturated rings. The molecule has 26 heavy (non-hydrogen) atoms. The Morgan fingerprint density at radius 1 is 1.27 bits per heavy atom. The van der Waals surface area contributed by atoms with Gasteiger partial charge in [-0.3, -0.25) is 10.1 Å². The molecular weight excluding hydrogens is 355 g/mol. The lowest BCUT2D eigenvalue weighted by Crippen LogP contribution is -2.36. The fourth-order valence-electron chi connectivity index (χ4n) is 2.70. The number of halogens is 2. The molecular formula is C20H20ClFN2O2. The molecule has 0 spiro atoms. The second-order valence-corrected chi connectivity index (χ2v) is 6.65. The molecule has 3 aromatic rings. The minimum Gasteiger partial charge on any atom is -0.459 e. The highest BCUT2D eigenvalue weighted by Gasteiger charge is 2.17. The van der Waals surface area contributed by atoms with Crippen LogP contribution in [0, 0.1) is 5.82 Å². The fourth-order valence-corrected chi connectivity index (χ4v) is 2.92. The van der Waals surface area contributed by atoms with Gasteiger partial charge in [-0.1, -0.05) is 35.9 Å². The number of amides is 1. The molecule has 136 valence electrons. The first kappa shape index (κ1) is 18.4. The van der Waals surface area contributed by atoms with Crippen LogP contribution < -0.4 is 5.32 Å². The van der Waals surface area contributed by atoms with E-state index in [9.17, 15) is 9.18 Å². The Morgan fingerprint density at radius 3 is 2.77 bits per heavy atom. The van der Waals surface area contributed by atoms with Crippen LogP contribution in [0.5, 0.6) is 0 Å². The highest BCUT2D eigenvalue weighted by Crippen LogP contribution is 2.23. The molecule has 0 aliphatic rings. The van der Waals surface area contributed by atoms with Crippen LogP contribution in [-0.4, -0.2) is 24.4 Å². The first-order chi connectivity index (χ1) is 12.5. The third-order valence-corrected chi connectivity index (χ3v) is 4.67. The lowest BCUT2D eigenvalue weighted by atomic mass is 10.2. The van der Waals surface area contributed by atoms with Crippen molar-refractivity contribution in [2.75, 3.05) is 13.6 Å². The van der Waals surface area contributed by atoms with Gasteiger partial charge in [-0.05, 0) is 31.2 Å². The van der Waals surface area contributed by atoms with Crippen LogP contribution >= 0.6 is 11.6 Å². The van der Waals surface area contributed by atoms with Gasteiger partial charge in [0, 0.05) is 29.6 Å². The summed E-state index contributed by atoms with van der Waals surface area (Å²) in [5.41, 5.74) is 1.13. The maximum atomic E-state index is 13.9. The molecule has 0 bridgehead atoms. The molecule has 0 aliphatic carbocycles. The standard InChI is InChI=1S/C20H20ClFN2O2/c1-13(19-10-14-6-3-4-9-18(14)26-19)23-11-20(25)24(2)12-15-16(21)7-5-8-17(15)22/h3-10,13,23H,11-12H2,1-2H3. The van der Waals surface area contributed by atoms with E-state index in [2.05, 4.69) is 5.32 Å². The first-order valence-corrected chi connectivity index (χ1v) is 8.72. The van der Waals surface area contributed by atoms with E-state index in [1.54, 1.807) is 19.2 Å². The van der Waals surface area contributed by atoms with Crippen molar-refractivity contribution in [2.45, 2.75) is 19.5 Å². The van der Waals surface area contributed by atoms with Crippen molar-refractivity contribution in [2.24, 2.45) is 0 Å². The van der Waals surface area contributed by atoms with Gasteiger partial charge in [0.2, 0.25) is 5.91 Å². The molecule has 0 saturated carbocycles. The molecule has 1 atom stereocenters. The molecule has 1 aromatic heterocycles. The maximum Gasteiger partial charge on any atom is 0.236 e. The number of carbonyl (C=O) groups excluding carboxylic acids is 1. The van der Waals surface area contributed by atoms with Crippen molar-refractivity contribution in [3.8, 4) is 0 Å². The average Bonchev–Trinajstić information content (AvgIpc) is 3.06. The summed E-state index contributed by atoms with van der Waals surface area (Å²) >= 11 is 6.02. The van der Waals surface area contributed by atoms with Crippen LogP contribution in [0.1, 0.15) is 24.3 Å². The molecule has 0 aliphatic heterocycles. The topological polar surface area (TPSA) is 45.5 Å². The number of fused-ring (bicyclic) bond motifs is 1. The van der Waals surface area contributed by atoms with Crippen LogP contribution in [0.3, 0.4) is 0 Å². The van der Waals surface area contributed by atoms with Gasteiger partial charge in [0.15, 0.2) is 0 Å². The smallest absolute Gasteiger partial charge is 0.236 e. The second kappa shape index (κ2) is 7.89. The van der Waals surface area contributed by atoms with Crippen molar-refractivity contribution in [1.29, 1.82) is 0 Å². The number of furan rings is 1. The van der Waals surface area contributed by atoms with Crippen LogP contribution in [0.15, 0.2) is 52.9 Å². The van der Waals surface area contributed by atoms with Crippen LogP contribution in [-0.2, 0) is 11.3 Å². The maximum absolute atomic E-state index is 13.9. The van der Waals surface area contributed by atoms with Crippen LogP contribution in [0.4, 0.5) is 4.39 Å². The van der Waals surface area contributed by atoms with Crippen molar-refractivity contribution in [3.05, 3.63) is 70.7 Å². The molecule has 1 heterocycles. The Morgan fingerprint density at radius 2 is 2.04 bits per heavy atom. The molecule has 1 N–H and O–H groups in total. The van der Waals surface area contributed by atoms with E-state index in [0.29, 0.717) is 10.6 Å². The first-order valence-electron chi connectivity index (χ1n) is 8.34. The number of carbonyl (C=O) groups is 1. The minimum absolute atomic E-state index is 0.112. The van der Waals surface area contributed by atoms with Gasteiger partial charge in [-0.25, -0.2) is 4.39 Å². The number of hydrogen-bond acceptors (Lipinski definition) is 3. The normalized spacial score (nSPS) is 12.3. The number of hydrogen-bond donors (Lipinski definition) is 1. The molecule has 0 saturated heterocycles. The number of rotatable bonds is 6. The van der Waals surface area contributed by atoms with Crippen molar-refractivity contribution < 1.29 is 13.6 Å². The van der Waals surface area contributed by atoms with Gasteiger partial charge in [0.25, 0.3) is 0 Å². The second-order valence-electron chi connectivity index (χ2n) is 6.24. The summed E-state index contributed by atoms with van der Waals surface area (Å²) in [4.78, 5) is 13.8. The zero-order valence-corrected chi connectivity index (χ0v) is 15.4. The van der Waals surface area contributed by atoms with Crippen LogP contribution in [0.2, 0.25) is 5.02 Å². The monoisotopic (exact) mass is 374 g/mol. The minimum atomic E-state index is -0.416. The number of likely N-dealkylation sites (N-methyl/N-ethyl adjacent to an activating group) is 1. The summed E-state index contributed by atoms with van der Waals surface area (Å²) in [6.45, 7) is 2.16. The van der Waals surface area contributed by atoms with Crippen molar-refractivity contribution in [3.63, 3.8) is 0 Å². The zero-order chi connectivity index (χ0) is 18.7. The van der Waals surface area contributed by atoms with E-state index in [4.69, 9.17) is 16.0 Å². The molecule has 1 unspecified atom stereocenters. The molecule has 4 nitrogen and oxygen atoms in total. The Kier molecular flexibility index (Phi) is 5.59. The Balaban J connectivity index is 1.59. The summed E-state index contributed by atoms with van der Waals surface area (Å²) in [5, 5.41) is 4.48. The number of nitrogens with zero attached hydrogens (tertiary/aromatic N) is 1. The number of nitrogens with one attached hydrogen (secondary N) is 1. The molecule has 3 rings (SSSR count). The number of benzene rings is 2. The molecule has 6 heteroatoms. The Labute approximate surface area is 156 Å². The van der Waals surface area contributed by atoms with E-state index in [1.165, 1.54) is 11.0 Å². The van der Waals surface area contributed by atoms with Crippen LogP contribution in [0.25, 0.3) is 11.0 Å². The van der Waals surface area contributed by atoms with Gasteiger partial charge in [-0.15, -0.1) is 0 Å². The summed E-state index contributed by atoms with van der Waals surface area (Å²) in [5.74, 6) is 0.187. The Bertz CT molecular complexity index is 872. The van der Waals surface area contributed by atoms with E-state index in [1.807, 2.05) is 37.3 Å². The highest BCUT2D eigenvalue weighted by atomic mass is 35.5. The predicted molar refractivity (Wildman–Crippen MR) is 101 cm³/mol. The summed E-state index contributed by atoms with van der Waals surface area (Å²) in [7, 11) is 1.62. The van der Waals surface area contributed by atoms with Gasteiger partial charge < -0.3 is 9.32 Å². The fraction of sp³-hybridized carbons (Fsp3) is 0.250. The SMILES string of the molecule is CC(NCC(=O)N(C)Cc1c(F)cccc1Cl)c1cc2ccccc2o1. The van der Waals surface area contributed by atoms with E-state index < -0.39 is 5.82 Å². The van der Waals surface area contributed by atoms with Gasteiger partial charge in [-0.2, -0.15) is 0 Å².